The van der Waals surface area contributed by atoms with Gasteiger partial charge in [-0.25, -0.2) is 14.4 Å². The third-order valence-electron chi connectivity index (χ3n) is 10.4. The number of nitrogens with two attached hydrogens (primary N) is 2. The fraction of sp³-hybridized carbons (Fsp3) is 0.381. The summed E-state index contributed by atoms with van der Waals surface area (Å²) >= 11 is 1.57. The van der Waals surface area contributed by atoms with E-state index >= 15 is 0 Å². The van der Waals surface area contributed by atoms with Crippen LogP contribution in [0.15, 0.2) is 77.2 Å². The van der Waals surface area contributed by atoms with Crippen molar-refractivity contribution in [2.45, 2.75) is 58.8 Å². The first-order valence-corrected chi connectivity index (χ1v) is 20.3. The Morgan fingerprint density at radius 2 is 1.68 bits per heavy atom. The molecule has 1 aromatic heterocycles. The van der Waals surface area contributed by atoms with Crippen LogP contribution in [-0.2, 0) is 20.9 Å². The quantitative estimate of drug-likeness (QED) is 0.0897. The zero-order chi connectivity index (χ0) is 42.4. The lowest BCUT2D eigenvalue weighted by Gasteiger charge is -2.37. The van der Waals surface area contributed by atoms with Gasteiger partial charge in [0.1, 0.15) is 17.9 Å². The molecule has 6 rings (SSSR count). The molecule has 8 N–H and O–H groups in total. The van der Waals surface area contributed by atoms with Crippen LogP contribution in [0.25, 0.3) is 10.4 Å². The number of benzene rings is 3. The van der Waals surface area contributed by atoms with E-state index in [1.54, 1.807) is 23.5 Å². The molecule has 2 saturated heterocycles. The third kappa shape index (κ3) is 11.3. The number of aliphatic imine (C=N–C) groups is 1. The lowest BCUT2D eigenvalue weighted by molar-refractivity contribution is -0.144. The molecule has 0 saturated carbocycles. The van der Waals surface area contributed by atoms with E-state index in [0.717, 1.165) is 33.5 Å². The molecule has 3 heterocycles. The largest absolute Gasteiger partial charge is 0.391 e. The van der Waals surface area contributed by atoms with E-state index in [2.05, 4.69) is 30.8 Å². The van der Waals surface area contributed by atoms with Crippen LogP contribution in [0.5, 0.6) is 0 Å². The number of β-amino-alcohol motifs (C(OH)–C–C–N with tert-alkyl or cyclic N) is 1. The molecule has 2 aliphatic rings. The number of carbonyl (C=O) groups excluding carboxylic acids is 4. The number of nitrogens with one attached hydrogen (secondary N) is 3. The second-order valence-electron chi connectivity index (χ2n) is 15.9. The number of anilines is 2. The standard InChI is InChI=1S/C42H51FN10O5S.ClH/c1-25-36(59-24-47-25)27-7-5-26(6-8-27)21-46-39(57)34-20-31(54)22-53(34)40(58)37(42(2,3)4)50-35(55)23-51-15-17-52(18-16-51)30-12-9-28(10-13-30)48-38(56)32-14-11-29(19-33(32)43)49-41(44)45;/h5-14,19,24,31,34,37,54H,15-18,20-23H2,1-4H3,(H,46,57)(H,48,56)(H,50,55)(H4,44,45,49);1H/t31-,34+,37-;/m1./s1. The number of likely N-dealkylation sites (tertiary alicyclic amines) is 1. The van der Waals surface area contributed by atoms with E-state index in [-0.39, 0.29) is 67.5 Å². The molecule has 4 aromatic rings. The van der Waals surface area contributed by atoms with Crippen molar-refractivity contribution in [3.63, 3.8) is 0 Å². The molecule has 2 aliphatic heterocycles. The maximum absolute atomic E-state index is 14.6. The van der Waals surface area contributed by atoms with Crippen molar-refractivity contribution >= 4 is 70.4 Å². The van der Waals surface area contributed by atoms with Gasteiger partial charge in [0.25, 0.3) is 5.91 Å². The van der Waals surface area contributed by atoms with E-state index < -0.39 is 41.2 Å². The average molecular weight is 863 g/mol. The molecule has 0 bridgehead atoms. The third-order valence-corrected chi connectivity index (χ3v) is 11.4. The predicted molar refractivity (Wildman–Crippen MR) is 234 cm³/mol. The average Bonchev–Trinajstić information content (AvgIpc) is 3.81. The smallest absolute Gasteiger partial charge is 0.258 e. The number of aromatic nitrogens is 1. The summed E-state index contributed by atoms with van der Waals surface area (Å²) in [4.78, 5) is 68.5. The number of hydrogen-bond acceptors (Lipinski definition) is 10. The van der Waals surface area contributed by atoms with Crippen LogP contribution in [0, 0.1) is 18.2 Å². The summed E-state index contributed by atoms with van der Waals surface area (Å²) in [6.45, 7) is 10.3. The van der Waals surface area contributed by atoms with Gasteiger partial charge in [-0.2, -0.15) is 0 Å². The van der Waals surface area contributed by atoms with E-state index in [1.807, 2.05) is 74.5 Å². The van der Waals surface area contributed by atoms with E-state index in [9.17, 15) is 28.7 Å². The van der Waals surface area contributed by atoms with Gasteiger partial charge in [0.15, 0.2) is 5.96 Å². The minimum absolute atomic E-state index is 0. The normalized spacial score (nSPS) is 17.3. The molecule has 60 heavy (non-hydrogen) atoms. The Balaban J connectivity index is 0.00000683. The number of thiazole rings is 1. The Morgan fingerprint density at radius 1 is 1.00 bits per heavy atom. The number of amides is 4. The highest BCUT2D eigenvalue weighted by atomic mass is 35.5. The minimum atomic E-state index is -0.931. The molecule has 0 unspecified atom stereocenters. The number of halogens is 2. The number of aliphatic hydroxyl groups excluding tert-OH is 1. The Morgan fingerprint density at radius 3 is 2.28 bits per heavy atom. The number of guanidine groups is 1. The molecule has 0 aliphatic carbocycles. The molecular weight excluding hydrogens is 811 g/mol. The number of piperazine rings is 1. The van der Waals surface area contributed by atoms with Crippen molar-refractivity contribution in [1.82, 2.24) is 25.4 Å². The molecule has 4 amide bonds. The second kappa shape index (κ2) is 19.6. The molecule has 320 valence electrons. The summed E-state index contributed by atoms with van der Waals surface area (Å²) in [7, 11) is 0. The fourth-order valence-corrected chi connectivity index (χ4v) is 8.03. The van der Waals surface area contributed by atoms with Gasteiger partial charge in [-0.3, -0.25) is 24.1 Å². The van der Waals surface area contributed by atoms with Gasteiger partial charge in [-0.15, -0.1) is 23.7 Å². The topological polar surface area (TPSA) is 212 Å². The van der Waals surface area contributed by atoms with Gasteiger partial charge in [-0.1, -0.05) is 45.0 Å². The van der Waals surface area contributed by atoms with Crippen LogP contribution in [0.3, 0.4) is 0 Å². The van der Waals surface area contributed by atoms with E-state index in [4.69, 9.17) is 11.5 Å². The highest BCUT2D eigenvalue weighted by Crippen LogP contribution is 2.29. The summed E-state index contributed by atoms with van der Waals surface area (Å²) in [6, 6.07) is 17.1. The molecule has 3 atom stereocenters. The van der Waals surface area contributed by atoms with Crippen molar-refractivity contribution in [1.29, 1.82) is 0 Å². The summed E-state index contributed by atoms with van der Waals surface area (Å²) in [5.74, 6) is -2.69. The maximum Gasteiger partial charge on any atom is 0.258 e. The number of carbonyl (C=O) groups is 4. The van der Waals surface area contributed by atoms with Gasteiger partial charge in [0, 0.05) is 63.1 Å². The number of nitrogens with zero attached hydrogens (tertiary/aromatic N) is 5. The van der Waals surface area contributed by atoms with Gasteiger partial charge < -0.3 is 42.3 Å². The van der Waals surface area contributed by atoms with Gasteiger partial charge in [0.2, 0.25) is 17.7 Å². The monoisotopic (exact) mass is 862 g/mol. The Bertz CT molecular complexity index is 2190. The SMILES string of the molecule is Cc1ncsc1-c1ccc(CNC(=O)[C@@H]2C[C@@H](O)CN2C(=O)[C@@H](NC(=O)CN2CCN(c3ccc(NC(=O)c4ccc(N=C(N)N)cc4F)cc3)CC2)C(C)(C)C)cc1.Cl. The van der Waals surface area contributed by atoms with Crippen LogP contribution in [0.2, 0.25) is 0 Å². The molecule has 15 nitrogen and oxygen atoms in total. The Kier molecular flexibility index (Phi) is 14.9. The molecule has 0 radical (unpaired) electrons. The first-order valence-electron chi connectivity index (χ1n) is 19.4. The maximum atomic E-state index is 14.6. The van der Waals surface area contributed by atoms with Crippen LogP contribution in [0.4, 0.5) is 21.5 Å². The van der Waals surface area contributed by atoms with E-state index in [1.165, 1.54) is 17.0 Å². The zero-order valence-corrected chi connectivity index (χ0v) is 35.6. The van der Waals surface area contributed by atoms with E-state index in [0.29, 0.717) is 31.9 Å². The van der Waals surface area contributed by atoms with Crippen LogP contribution in [0.1, 0.15) is 48.8 Å². The predicted octanol–water partition coefficient (Wildman–Crippen LogP) is 3.77. The molecule has 18 heteroatoms. The second-order valence-corrected chi connectivity index (χ2v) is 16.8. The van der Waals surface area contributed by atoms with Crippen molar-refractivity contribution in [3.05, 3.63) is 94.9 Å². The Labute approximate surface area is 358 Å². The lowest BCUT2D eigenvalue weighted by atomic mass is 9.85. The van der Waals surface area contributed by atoms with Crippen molar-refractivity contribution in [3.8, 4) is 10.4 Å². The zero-order valence-electron chi connectivity index (χ0n) is 34.0. The lowest BCUT2D eigenvalue weighted by Crippen LogP contribution is -2.59. The number of rotatable bonds is 12. The fourth-order valence-electron chi connectivity index (χ4n) is 7.22. The number of aryl methyl sites for hydroxylation is 1. The highest BCUT2D eigenvalue weighted by molar-refractivity contribution is 7.13. The molecular formula is C42H52ClFN10O5S. The summed E-state index contributed by atoms with van der Waals surface area (Å²) in [5, 5.41) is 19.2. The first kappa shape index (κ1) is 45.5. The molecule has 0 spiro atoms. The number of aliphatic hydroxyl groups is 1. The summed E-state index contributed by atoms with van der Waals surface area (Å²) < 4.78 is 14.6. The minimum Gasteiger partial charge on any atom is -0.391 e. The molecule has 3 aromatic carbocycles. The number of hydrogen-bond donors (Lipinski definition) is 6. The van der Waals surface area contributed by atoms with Crippen LogP contribution >= 0.6 is 23.7 Å². The van der Waals surface area contributed by atoms with Crippen molar-refractivity contribution in [2.75, 3.05) is 49.5 Å². The summed E-state index contributed by atoms with van der Waals surface area (Å²) in [5.41, 5.74) is 16.2. The van der Waals surface area contributed by atoms with Crippen molar-refractivity contribution < 1.29 is 28.7 Å². The van der Waals surface area contributed by atoms with Gasteiger partial charge in [-0.05, 0) is 59.9 Å². The Hall–Kier alpha value is -5.62. The summed E-state index contributed by atoms with van der Waals surface area (Å²) in [6.07, 6.45) is -0.768. The van der Waals surface area contributed by atoms with Gasteiger partial charge >= 0.3 is 0 Å². The molecule has 2 fully saturated rings. The van der Waals surface area contributed by atoms with Gasteiger partial charge in [0.05, 0.1) is 40.0 Å². The van der Waals surface area contributed by atoms with Crippen LogP contribution < -0.4 is 32.3 Å². The van der Waals surface area contributed by atoms with Crippen molar-refractivity contribution in [2.24, 2.45) is 21.9 Å². The first-order chi connectivity index (χ1) is 28.0. The highest BCUT2D eigenvalue weighted by Gasteiger charge is 2.44. The van der Waals surface area contributed by atoms with Crippen LogP contribution in [-0.4, -0.2) is 107 Å².